The topological polar surface area (TPSA) is 71.0 Å². The Morgan fingerprint density at radius 1 is 0.778 bits per heavy atom. The second-order valence-corrected chi connectivity index (χ2v) is 8.56. The molecule has 0 radical (unpaired) electrons. The molecule has 6 rings (SSSR count). The van der Waals surface area contributed by atoms with Crippen molar-refractivity contribution in [3.8, 4) is 22.5 Å². The summed E-state index contributed by atoms with van der Waals surface area (Å²) in [7, 11) is 0. The van der Waals surface area contributed by atoms with Gasteiger partial charge in [0.1, 0.15) is 17.2 Å². The second-order valence-electron chi connectivity index (χ2n) is 8.56. The highest BCUT2D eigenvalue weighted by Gasteiger charge is 2.23. The predicted octanol–water partition coefficient (Wildman–Crippen LogP) is 6.18. The van der Waals surface area contributed by atoms with Crippen LogP contribution >= 0.6 is 0 Å². The number of benzene rings is 3. The zero-order valence-electron chi connectivity index (χ0n) is 19.0. The standard InChI is InChI=1S/C28H19F2N5O/c29-21-9-5-17(6-10-21)25-26(18-7-11-22(30)12-8-18)34-27-24(33-25)13-23(14-31-27)32-28(36)35-15-19-3-1-2-4-20(19)16-35/h1-14H,15-16H2,(H,32,36). The molecular formula is C28H19F2N5O. The molecule has 0 saturated carbocycles. The van der Waals surface area contributed by atoms with E-state index < -0.39 is 0 Å². The van der Waals surface area contributed by atoms with E-state index in [9.17, 15) is 13.6 Å². The van der Waals surface area contributed by atoms with Gasteiger partial charge in [-0.1, -0.05) is 24.3 Å². The molecule has 0 spiro atoms. The van der Waals surface area contributed by atoms with Crippen molar-refractivity contribution in [2.24, 2.45) is 0 Å². The fourth-order valence-electron chi connectivity index (χ4n) is 4.31. The van der Waals surface area contributed by atoms with Crippen molar-refractivity contribution in [1.29, 1.82) is 0 Å². The molecule has 1 N–H and O–H groups in total. The van der Waals surface area contributed by atoms with Crippen molar-refractivity contribution in [3.63, 3.8) is 0 Å². The lowest BCUT2D eigenvalue weighted by molar-refractivity contribution is 0.212. The fraction of sp³-hybridized carbons (Fsp3) is 0.0714. The molecule has 176 valence electrons. The smallest absolute Gasteiger partial charge is 0.316 e. The number of aromatic nitrogens is 3. The van der Waals surface area contributed by atoms with E-state index >= 15 is 0 Å². The Bertz CT molecular complexity index is 1580. The first-order valence-electron chi connectivity index (χ1n) is 11.4. The predicted molar refractivity (Wildman–Crippen MR) is 133 cm³/mol. The minimum atomic E-state index is -0.369. The second kappa shape index (κ2) is 8.81. The number of pyridine rings is 1. The number of hydrogen-bond donors (Lipinski definition) is 1. The molecule has 0 unspecified atom stereocenters. The lowest BCUT2D eigenvalue weighted by atomic mass is 10.0. The summed E-state index contributed by atoms with van der Waals surface area (Å²) in [5, 5.41) is 2.90. The number of anilines is 1. The van der Waals surface area contributed by atoms with E-state index in [1.54, 1.807) is 35.2 Å². The first-order valence-corrected chi connectivity index (χ1v) is 11.4. The number of carbonyl (C=O) groups is 1. The summed E-state index contributed by atoms with van der Waals surface area (Å²) in [6.07, 6.45) is 1.53. The summed E-state index contributed by atoms with van der Waals surface area (Å²) in [5.41, 5.74) is 5.86. The van der Waals surface area contributed by atoms with Crippen LogP contribution in [0.25, 0.3) is 33.7 Å². The third-order valence-electron chi connectivity index (χ3n) is 6.14. The van der Waals surface area contributed by atoms with Gasteiger partial charge in [-0.25, -0.2) is 28.5 Å². The van der Waals surface area contributed by atoms with Gasteiger partial charge >= 0.3 is 6.03 Å². The molecule has 5 aromatic rings. The van der Waals surface area contributed by atoms with E-state index in [1.165, 1.54) is 30.5 Å². The van der Waals surface area contributed by atoms with Crippen LogP contribution in [-0.2, 0) is 13.1 Å². The average Bonchev–Trinajstić information content (AvgIpc) is 3.34. The highest BCUT2D eigenvalue weighted by molar-refractivity contribution is 5.92. The van der Waals surface area contributed by atoms with Crippen LogP contribution in [0.1, 0.15) is 11.1 Å². The number of halogens is 2. The van der Waals surface area contributed by atoms with Crippen LogP contribution in [-0.4, -0.2) is 25.9 Å². The van der Waals surface area contributed by atoms with E-state index in [1.807, 2.05) is 24.3 Å². The van der Waals surface area contributed by atoms with E-state index in [-0.39, 0.29) is 17.7 Å². The molecule has 0 aliphatic carbocycles. The molecule has 2 aromatic heterocycles. The Labute approximate surface area is 205 Å². The Balaban J connectivity index is 1.36. The molecule has 0 saturated heterocycles. The van der Waals surface area contributed by atoms with Gasteiger partial charge in [0.2, 0.25) is 0 Å². The number of nitrogens with zero attached hydrogens (tertiary/aromatic N) is 4. The monoisotopic (exact) mass is 479 g/mol. The van der Waals surface area contributed by atoms with E-state index in [2.05, 4.69) is 15.3 Å². The maximum Gasteiger partial charge on any atom is 0.322 e. The van der Waals surface area contributed by atoms with Crippen LogP contribution in [0.2, 0.25) is 0 Å². The van der Waals surface area contributed by atoms with Gasteiger partial charge in [-0.3, -0.25) is 0 Å². The quantitative estimate of drug-likeness (QED) is 0.335. The summed E-state index contributed by atoms with van der Waals surface area (Å²) < 4.78 is 27.1. The number of urea groups is 1. The van der Waals surface area contributed by atoms with Gasteiger partial charge in [0, 0.05) is 24.2 Å². The first kappa shape index (κ1) is 21.8. The molecule has 1 aliphatic rings. The minimum Gasteiger partial charge on any atom is -0.316 e. The van der Waals surface area contributed by atoms with Crippen LogP contribution < -0.4 is 5.32 Å². The molecule has 6 nitrogen and oxygen atoms in total. The van der Waals surface area contributed by atoms with Crippen LogP contribution in [0, 0.1) is 11.6 Å². The van der Waals surface area contributed by atoms with Crippen molar-refractivity contribution >= 4 is 22.9 Å². The van der Waals surface area contributed by atoms with Gasteiger partial charge in [0.25, 0.3) is 0 Å². The van der Waals surface area contributed by atoms with Crippen LogP contribution in [0.4, 0.5) is 19.3 Å². The Morgan fingerprint density at radius 3 is 1.92 bits per heavy atom. The molecule has 2 amide bonds. The Morgan fingerprint density at radius 2 is 1.33 bits per heavy atom. The Hall–Kier alpha value is -4.72. The van der Waals surface area contributed by atoms with Crippen molar-refractivity contribution < 1.29 is 13.6 Å². The number of amides is 2. The largest absolute Gasteiger partial charge is 0.322 e. The summed E-state index contributed by atoms with van der Waals surface area (Å²) >= 11 is 0. The number of hydrogen-bond acceptors (Lipinski definition) is 4. The maximum absolute atomic E-state index is 13.6. The number of rotatable bonds is 3. The van der Waals surface area contributed by atoms with Crippen LogP contribution in [0.3, 0.4) is 0 Å². The summed E-state index contributed by atoms with van der Waals surface area (Å²) in [4.78, 5) is 28.5. The summed E-state index contributed by atoms with van der Waals surface area (Å²) in [5.74, 6) is -0.734. The van der Waals surface area contributed by atoms with Gasteiger partial charge < -0.3 is 10.2 Å². The highest BCUT2D eigenvalue weighted by atomic mass is 19.1. The fourth-order valence-corrected chi connectivity index (χ4v) is 4.31. The van der Waals surface area contributed by atoms with Gasteiger partial charge in [0.05, 0.1) is 23.3 Å². The lowest BCUT2D eigenvalue weighted by Crippen LogP contribution is -2.30. The maximum atomic E-state index is 13.6. The van der Waals surface area contributed by atoms with Crippen LogP contribution in [0.5, 0.6) is 0 Å². The molecule has 0 atom stereocenters. The average molecular weight is 479 g/mol. The normalized spacial score (nSPS) is 12.6. The zero-order chi connectivity index (χ0) is 24.6. The van der Waals surface area contributed by atoms with Crippen molar-refractivity contribution in [1.82, 2.24) is 19.9 Å². The van der Waals surface area contributed by atoms with Gasteiger partial charge in [0.15, 0.2) is 5.65 Å². The third-order valence-corrected chi connectivity index (χ3v) is 6.14. The SMILES string of the molecule is O=C(Nc1cnc2nc(-c3ccc(F)cc3)c(-c3ccc(F)cc3)nc2c1)N1Cc2ccccc2C1. The van der Waals surface area contributed by atoms with Crippen molar-refractivity contribution in [2.45, 2.75) is 13.1 Å². The third kappa shape index (κ3) is 4.13. The molecule has 3 heterocycles. The number of carbonyl (C=O) groups excluding carboxylic acids is 1. The van der Waals surface area contributed by atoms with E-state index in [0.717, 1.165) is 11.1 Å². The molecule has 1 aliphatic heterocycles. The lowest BCUT2D eigenvalue weighted by Gasteiger charge is -2.16. The molecule has 8 heteroatoms. The number of fused-ring (bicyclic) bond motifs is 2. The molecule has 3 aromatic carbocycles. The van der Waals surface area contributed by atoms with Crippen molar-refractivity contribution in [3.05, 3.63) is 108 Å². The number of nitrogens with one attached hydrogen (secondary N) is 1. The van der Waals surface area contributed by atoms with E-state index in [4.69, 9.17) is 4.98 Å². The molecule has 0 fully saturated rings. The molecule has 0 bridgehead atoms. The molecule has 36 heavy (non-hydrogen) atoms. The first-order chi connectivity index (χ1) is 17.5. The van der Waals surface area contributed by atoms with Gasteiger partial charge in [-0.05, 0) is 65.7 Å². The van der Waals surface area contributed by atoms with Gasteiger partial charge in [-0.2, -0.15) is 0 Å². The highest BCUT2D eigenvalue weighted by Crippen LogP contribution is 2.31. The zero-order valence-corrected chi connectivity index (χ0v) is 19.0. The molecular weight excluding hydrogens is 460 g/mol. The summed E-state index contributed by atoms with van der Waals surface area (Å²) in [6.45, 7) is 1.08. The minimum absolute atomic E-state index is 0.234. The van der Waals surface area contributed by atoms with Crippen molar-refractivity contribution in [2.75, 3.05) is 5.32 Å². The Kier molecular flexibility index (Phi) is 5.33. The van der Waals surface area contributed by atoms with Crippen LogP contribution in [0.15, 0.2) is 85.1 Å². The summed E-state index contributed by atoms with van der Waals surface area (Å²) in [6, 6.07) is 21.3. The van der Waals surface area contributed by atoms with E-state index in [0.29, 0.717) is 52.5 Å². The van der Waals surface area contributed by atoms with Gasteiger partial charge in [-0.15, -0.1) is 0 Å².